The molecule has 0 heterocycles. The van der Waals surface area contributed by atoms with Gasteiger partial charge in [0.05, 0.1) is 0 Å². The Kier molecular flexibility index (Phi) is 3.95. The Balaban J connectivity index is 4.15. The number of hydrogen-bond acceptors (Lipinski definition) is 1. The lowest BCUT2D eigenvalue weighted by Gasteiger charge is -2.35. The molecule has 0 amide bonds. The number of nitrogens with one attached hydrogen (secondary N) is 1. The Bertz CT molecular complexity index is 74.5. The van der Waals surface area contributed by atoms with Gasteiger partial charge in [0, 0.05) is 5.54 Å². The molecule has 0 saturated carbocycles. The molecule has 0 aromatic heterocycles. The third-order valence-corrected chi connectivity index (χ3v) is 2.86. The molecule has 62 valence electrons. The summed E-state index contributed by atoms with van der Waals surface area (Å²) in [4.78, 5) is 0. The van der Waals surface area contributed by atoms with E-state index in [0.29, 0.717) is 5.54 Å². The summed E-state index contributed by atoms with van der Waals surface area (Å²) < 4.78 is 0. The van der Waals surface area contributed by atoms with Crippen LogP contribution in [0.1, 0.15) is 40.5 Å². The second kappa shape index (κ2) is 3.97. The van der Waals surface area contributed by atoms with E-state index in [0.717, 1.165) is 5.92 Å². The van der Waals surface area contributed by atoms with Crippen molar-refractivity contribution in [2.24, 2.45) is 5.92 Å². The van der Waals surface area contributed by atoms with E-state index in [4.69, 9.17) is 0 Å². The van der Waals surface area contributed by atoms with Gasteiger partial charge in [-0.25, -0.2) is 0 Å². The van der Waals surface area contributed by atoms with Crippen molar-refractivity contribution >= 4 is 0 Å². The summed E-state index contributed by atoms with van der Waals surface area (Å²) in [6.07, 6.45) is 2.44. The normalized spacial score (nSPS) is 12.6. The number of rotatable bonds is 4. The van der Waals surface area contributed by atoms with Gasteiger partial charge in [-0.05, 0) is 25.8 Å². The summed E-state index contributed by atoms with van der Waals surface area (Å²) in [5.41, 5.74) is 0.375. The molecule has 0 unspecified atom stereocenters. The van der Waals surface area contributed by atoms with Gasteiger partial charge >= 0.3 is 0 Å². The highest BCUT2D eigenvalue weighted by Crippen LogP contribution is 2.23. The lowest BCUT2D eigenvalue weighted by molar-refractivity contribution is 0.234. The minimum absolute atomic E-state index is 0.375. The summed E-state index contributed by atoms with van der Waals surface area (Å²) in [6.45, 7) is 9.06. The van der Waals surface area contributed by atoms with Crippen LogP contribution in [-0.2, 0) is 0 Å². The predicted octanol–water partition coefficient (Wildman–Crippen LogP) is 2.42. The van der Waals surface area contributed by atoms with Crippen molar-refractivity contribution in [2.45, 2.75) is 46.1 Å². The third-order valence-electron chi connectivity index (χ3n) is 2.86. The van der Waals surface area contributed by atoms with Crippen LogP contribution >= 0.6 is 0 Å². The standard InChI is InChI=1S/C9H21N/c1-6-9(7-2,10-5)8(3)4/h8,10H,6-7H2,1-5H3. The van der Waals surface area contributed by atoms with Crippen molar-refractivity contribution in [3.05, 3.63) is 0 Å². The molecule has 0 rings (SSSR count). The molecule has 0 aliphatic carbocycles. The quantitative estimate of drug-likeness (QED) is 0.637. The molecule has 10 heavy (non-hydrogen) atoms. The van der Waals surface area contributed by atoms with E-state index in [1.165, 1.54) is 12.8 Å². The van der Waals surface area contributed by atoms with Gasteiger partial charge in [-0.2, -0.15) is 0 Å². The van der Waals surface area contributed by atoms with E-state index in [1.807, 2.05) is 0 Å². The van der Waals surface area contributed by atoms with Crippen LogP contribution in [0.15, 0.2) is 0 Å². The highest BCUT2D eigenvalue weighted by molar-refractivity contribution is 4.86. The molecular formula is C9H21N. The summed E-state index contributed by atoms with van der Waals surface area (Å²) in [5.74, 6) is 0.729. The molecule has 0 aromatic carbocycles. The zero-order valence-corrected chi connectivity index (χ0v) is 7.99. The van der Waals surface area contributed by atoms with E-state index >= 15 is 0 Å². The molecule has 0 atom stereocenters. The molecular weight excluding hydrogens is 122 g/mol. The van der Waals surface area contributed by atoms with Crippen molar-refractivity contribution < 1.29 is 0 Å². The first kappa shape index (κ1) is 9.96. The molecule has 1 heteroatoms. The van der Waals surface area contributed by atoms with Crippen molar-refractivity contribution in [3.63, 3.8) is 0 Å². The van der Waals surface area contributed by atoms with E-state index in [9.17, 15) is 0 Å². The molecule has 0 aromatic rings. The second-order valence-corrected chi connectivity index (χ2v) is 3.27. The molecule has 0 aliphatic heterocycles. The fourth-order valence-electron chi connectivity index (χ4n) is 1.71. The monoisotopic (exact) mass is 143 g/mol. The molecule has 1 N–H and O–H groups in total. The second-order valence-electron chi connectivity index (χ2n) is 3.27. The highest BCUT2D eigenvalue weighted by atomic mass is 14.9. The van der Waals surface area contributed by atoms with Crippen LogP contribution < -0.4 is 5.32 Å². The Labute approximate surface area is 65.2 Å². The van der Waals surface area contributed by atoms with Gasteiger partial charge in [0.15, 0.2) is 0 Å². The topological polar surface area (TPSA) is 12.0 Å². The maximum atomic E-state index is 3.41. The first-order valence-electron chi connectivity index (χ1n) is 4.31. The van der Waals surface area contributed by atoms with Gasteiger partial charge in [0.25, 0.3) is 0 Å². The van der Waals surface area contributed by atoms with Crippen LogP contribution in [0.5, 0.6) is 0 Å². The largest absolute Gasteiger partial charge is 0.314 e. The highest BCUT2D eigenvalue weighted by Gasteiger charge is 2.26. The smallest absolute Gasteiger partial charge is 0.0196 e. The molecule has 0 bridgehead atoms. The third kappa shape index (κ3) is 1.72. The molecule has 0 aliphatic rings. The van der Waals surface area contributed by atoms with Gasteiger partial charge in [-0.3, -0.25) is 0 Å². The van der Waals surface area contributed by atoms with Crippen LogP contribution in [0.4, 0.5) is 0 Å². The van der Waals surface area contributed by atoms with E-state index < -0.39 is 0 Å². The minimum Gasteiger partial charge on any atom is -0.314 e. The predicted molar refractivity (Wildman–Crippen MR) is 47.2 cm³/mol. The first-order chi connectivity index (χ1) is 4.63. The van der Waals surface area contributed by atoms with Crippen molar-refractivity contribution in [3.8, 4) is 0 Å². The van der Waals surface area contributed by atoms with Gasteiger partial charge in [0.1, 0.15) is 0 Å². The molecule has 1 nitrogen and oxygen atoms in total. The Hall–Kier alpha value is -0.0400. The van der Waals surface area contributed by atoms with E-state index in [1.54, 1.807) is 0 Å². The lowest BCUT2D eigenvalue weighted by Crippen LogP contribution is -2.46. The SMILES string of the molecule is CCC(CC)(NC)C(C)C. The summed E-state index contributed by atoms with van der Waals surface area (Å²) in [6, 6.07) is 0. The van der Waals surface area contributed by atoms with E-state index in [2.05, 4.69) is 40.1 Å². The average Bonchev–Trinajstić information content (AvgIpc) is 1.92. The van der Waals surface area contributed by atoms with Crippen molar-refractivity contribution in [2.75, 3.05) is 7.05 Å². The number of hydrogen-bond donors (Lipinski definition) is 1. The summed E-state index contributed by atoms with van der Waals surface area (Å²) in [7, 11) is 2.06. The first-order valence-corrected chi connectivity index (χ1v) is 4.31. The summed E-state index contributed by atoms with van der Waals surface area (Å²) >= 11 is 0. The minimum atomic E-state index is 0.375. The van der Waals surface area contributed by atoms with E-state index in [-0.39, 0.29) is 0 Å². The van der Waals surface area contributed by atoms with Crippen LogP contribution in [0, 0.1) is 5.92 Å². The van der Waals surface area contributed by atoms with Crippen LogP contribution in [0.2, 0.25) is 0 Å². The molecule has 0 spiro atoms. The van der Waals surface area contributed by atoms with Crippen LogP contribution in [0.25, 0.3) is 0 Å². The Morgan fingerprint density at radius 2 is 1.60 bits per heavy atom. The molecule has 0 saturated heterocycles. The molecule has 0 radical (unpaired) electrons. The van der Waals surface area contributed by atoms with Crippen LogP contribution in [-0.4, -0.2) is 12.6 Å². The lowest BCUT2D eigenvalue weighted by atomic mass is 9.82. The zero-order chi connectivity index (χ0) is 8.20. The zero-order valence-electron chi connectivity index (χ0n) is 7.99. The average molecular weight is 143 g/mol. The van der Waals surface area contributed by atoms with Gasteiger partial charge < -0.3 is 5.32 Å². The van der Waals surface area contributed by atoms with Gasteiger partial charge in [-0.15, -0.1) is 0 Å². The fraction of sp³-hybridized carbons (Fsp3) is 1.00. The maximum absolute atomic E-state index is 3.41. The maximum Gasteiger partial charge on any atom is 0.0196 e. The Morgan fingerprint density at radius 3 is 1.60 bits per heavy atom. The van der Waals surface area contributed by atoms with Crippen LogP contribution in [0.3, 0.4) is 0 Å². The molecule has 0 fully saturated rings. The van der Waals surface area contributed by atoms with Crippen molar-refractivity contribution in [1.82, 2.24) is 5.32 Å². The summed E-state index contributed by atoms with van der Waals surface area (Å²) in [5, 5.41) is 3.41. The van der Waals surface area contributed by atoms with Gasteiger partial charge in [0.2, 0.25) is 0 Å². The van der Waals surface area contributed by atoms with Gasteiger partial charge in [-0.1, -0.05) is 27.7 Å². The Morgan fingerprint density at radius 1 is 1.20 bits per heavy atom. The van der Waals surface area contributed by atoms with Crippen molar-refractivity contribution in [1.29, 1.82) is 0 Å². The fourth-order valence-corrected chi connectivity index (χ4v) is 1.71.